The van der Waals surface area contributed by atoms with Crippen molar-refractivity contribution in [2.24, 2.45) is 5.92 Å². The lowest BCUT2D eigenvalue weighted by molar-refractivity contribution is -0.136. The van der Waals surface area contributed by atoms with Crippen LogP contribution in [-0.4, -0.2) is 28.9 Å². The molecule has 0 bridgehead atoms. The Hall–Kier alpha value is -2.74. The van der Waals surface area contributed by atoms with Gasteiger partial charge in [-0.15, -0.1) is 0 Å². The molecule has 1 aromatic heterocycles. The van der Waals surface area contributed by atoms with E-state index in [9.17, 15) is 14.4 Å². The highest BCUT2D eigenvalue weighted by Crippen LogP contribution is 2.27. The number of nitrogens with one attached hydrogen (secondary N) is 3. The fourth-order valence-corrected chi connectivity index (χ4v) is 3.59. The summed E-state index contributed by atoms with van der Waals surface area (Å²) in [4.78, 5) is 37.7. The van der Waals surface area contributed by atoms with Gasteiger partial charge >= 0.3 is 11.8 Å². The van der Waals surface area contributed by atoms with Gasteiger partial charge in [-0.05, 0) is 54.8 Å². The van der Waals surface area contributed by atoms with Gasteiger partial charge in [-0.25, -0.2) is 4.68 Å². The quantitative estimate of drug-likeness (QED) is 0.416. The van der Waals surface area contributed by atoms with Gasteiger partial charge in [-0.2, -0.15) is 0 Å². The molecule has 3 amide bonds. The molecule has 0 radical (unpaired) electrons. The third kappa shape index (κ3) is 5.73. The van der Waals surface area contributed by atoms with Crippen molar-refractivity contribution in [2.75, 3.05) is 17.3 Å². The van der Waals surface area contributed by atoms with Gasteiger partial charge in [0.2, 0.25) is 0 Å². The van der Waals surface area contributed by atoms with Crippen LogP contribution in [0.1, 0.15) is 30.8 Å². The van der Waals surface area contributed by atoms with E-state index < -0.39 is 17.7 Å². The molecule has 3 N–H and O–H groups in total. The van der Waals surface area contributed by atoms with Crippen LogP contribution in [0.2, 0.25) is 15.1 Å². The van der Waals surface area contributed by atoms with Crippen molar-refractivity contribution in [3.05, 3.63) is 63.2 Å². The molecule has 0 saturated carbocycles. The molecule has 1 heterocycles. The molecule has 3 rings (SSSR count). The number of rotatable bonds is 6. The van der Waals surface area contributed by atoms with E-state index in [4.69, 9.17) is 34.8 Å². The number of halogens is 3. The standard InChI is InChI=1S/C22H21Cl3N4O3/c1-12(2)7-8-26-21(31)22(32)28-29-18-6-4-14(23)9-13(18)10-19(29)20(30)27-17-5-3-15(24)11-16(17)25/h3-6,9-12H,7-8H2,1-2H3,(H,26,31)(H,27,30)(H,28,32). The summed E-state index contributed by atoms with van der Waals surface area (Å²) >= 11 is 18.1. The summed E-state index contributed by atoms with van der Waals surface area (Å²) in [6.07, 6.45) is 0.736. The predicted molar refractivity (Wildman–Crippen MR) is 128 cm³/mol. The van der Waals surface area contributed by atoms with Crippen LogP contribution in [0.15, 0.2) is 42.5 Å². The van der Waals surface area contributed by atoms with Crippen molar-refractivity contribution < 1.29 is 14.4 Å². The van der Waals surface area contributed by atoms with Gasteiger partial charge in [-0.3, -0.25) is 19.8 Å². The number of amides is 3. The third-order valence-corrected chi connectivity index (χ3v) is 5.39. The maximum absolute atomic E-state index is 13.0. The zero-order valence-corrected chi connectivity index (χ0v) is 19.6. The lowest BCUT2D eigenvalue weighted by Crippen LogP contribution is -2.40. The highest BCUT2D eigenvalue weighted by molar-refractivity contribution is 6.38. The Kier molecular flexibility index (Phi) is 7.66. The summed E-state index contributed by atoms with van der Waals surface area (Å²) in [5, 5.41) is 6.99. The van der Waals surface area contributed by atoms with E-state index in [0.717, 1.165) is 6.42 Å². The van der Waals surface area contributed by atoms with E-state index in [1.54, 1.807) is 36.4 Å². The molecule has 0 saturated heterocycles. The van der Waals surface area contributed by atoms with Crippen LogP contribution in [0, 0.1) is 5.92 Å². The molecular formula is C22H21Cl3N4O3. The lowest BCUT2D eigenvalue weighted by atomic mass is 10.1. The van der Waals surface area contributed by atoms with Crippen LogP contribution in [0.4, 0.5) is 5.69 Å². The van der Waals surface area contributed by atoms with Crippen molar-refractivity contribution in [1.29, 1.82) is 0 Å². The van der Waals surface area contributed by atoms with Gasteiger partial charge in [0.25, 0.3) is 5.91 Å². The summed E-state index contributed by atoms with van der Waals surface area (Å²) < 4.78 is 1.25. The third-order valence-electron chi connectivity index (χ3n) is 4.60. The number of carbonyl (C=O) groups excluding carboxylic acids is 3. The number of aromatic nitrogens is 1. The van der Waals surface area contributed by atoms with Crippen LogP contribution in [-0.2, 0) is 9.59 Å². The van der Waals surface area contributed by atoms with Crippen molar-refractivity contribution in [1.82, 2.24) is 9.99 Å². The molecule has 0 unspecified atom stereocenters. The Morgan fingerprint density at radius 2 is 1.62 bits per heavy atom. The first-order valence-electron chi connectivity index (χ1n) is 9.82. The highest BCUT2D eigenvalue weighted by atomic mass is 35.5. The maximum atomic E-state index is 13.0. The minimum Gasteiger partial charge on any atom is -0.348 e. The molecule has 0 atom stereocenters. The van der Waals surface area contributed by atoms with Crippen LogP contribution in [0.5, 0.6) is 0 Å². The maximum Gasteiger partial charge on any atom is 0.328 e. The molecular weight excluding hydrogens is 475 g/mol. The second-order valence-electron chi connectivity index (χ2n) is 7.53. The van der Waals surface area contributed by atoms with E-state index in [0.29, 0.717) is 39.1 Å². The molecule has 0 fully saturated rings. The molecule has 0 aliphatic heterocycles. The van der Waals surface area contributed by atoms with Gasteiger partial charge in [0.15, 0.2) is 0 Å². The normalized spacial score (nSPS) is 10.9. The zero-order valence-electron chi connectivity index (χ0n) is 17.3. The SMILES string of the molecule is CC(C)CCNC(=O)C(=O)Nn1c(C(=O)Nc2ccc(Cl)cc2Cl)cc2cc(Cl)ccc21. The predicted octanol–water partition coefficient (Wildman–Crippen LogP) is 5.09. The molecule has 3 aromatic rings. The molecule has 32 heavy (non-hydrogen) atoms. The Balaban J connectivity index is 1.89. The van der Waals surface area contributed by atoms with Crippen LogP contribution in [0.3, 0.4) is 0 Å². The average molecular weight is 496 g/mol. The average Bonchev–Trinajstić information content (AvgIpc) is 3.07. The topological polar surface area (TPSA) is 92.2 Å². The van der Waals surface area contributed by atoms with Crippen LogP contribution >= 0.6 is 34.8 Å². The lowest BCUT2D eigenvalue weighted by Gasteiger charge is -2.13. The van der Waals surface area contributed by atoms with Crippen molar-refractivity contribution in [3.63, 3.8) is 0 Å². The first-order chi connectivity index (χ1) is 15.2. The van der Waals surface area contributed by atoms with Crippen molar-refractivity contribution >= 4 is 69.1 Å². The van der Waals surface area contributed by atoms with E-state index in [1.807, 2.05) is 13.8 Å². The molecule has 168 valence electrons. The number of fused-ring (bicyclic) bond motifs is 1. The minimum atomic E-state index is -0.903. The fourth-order valence-electron chi connectivity index (χ4n) is 2.96. The van der Waals surface area contributed by atoms with Gasteiger partial charge in [0.1, 0.15) is 5.69 Å². The molecule has 7 nitrogen and oxygen atoms in total. The van der Waals surface area contributed by atoms with E-state index in [2.05, 4.69) is 16.1 Å². The second kappa shape index (κ2) is 10.3. The first-order valence-corrected chi connectivity index (χ1v) is 11.0. The number of carbonyl (C=O) groups is 3. The number of hydrogen-bond acceptors (Lipinski definition) is 3. The summed E-state index contributed by atoms with van der Waals surface area (Å²) in [6, 6.07) is 11.1. The summed E-state index contributed by atoms with van der Waals surface area (Å²) in [6.45, 7) is 4.40. The molecule has 0 aliphatic carbocycles. The fraction of sp³-hybridized carbons (Fsp3) is 0.227. The summed E-state index contributed by atoms with van der Waals surface area (Å²) in [5.74, 6) is -1.87. The molecule has 0 spiro atoms. The Morgan fingerprint density at radius 1 is 0.938 bits per heavy atom. The molecule has 2 aromatic carbocycles. The second-order valence-corrected chi connectivity index (χ2v) is 8.81. The number of anilines is 1. The van der Waals surface area contributed by atoms with Gasteiger partial charge in [-0.1, -0.05) is 48.7 Å². The van der Waals surface area contributed by atoms with Crippen molar-refractivity contribution in [3.8, 4) is 0 Å². The Morgan fingerprint density at radius 3 is 2.31 bits per heavy atom. The van der Waals surface area contributed by atoms with Gasteiger partial charge in [0, 0.05) is 22.0 Å². The van der Waals surface area contributed by atoms with Crippen molar-refractivity contribution in [2.45, 2.75) is 20.3 Å². The van der Waals surface area contributed by atoms with Crippen LogP contribution < -0.4 is 16.1 Å². The zero-order chi connectivity index (χ0) is 23.4. The summed E-state index contributed by atoms with van der Waals surface area (Å²) in [7, 11) is 0. The monoisotopic (exact) mass is 494 g/mol. The van der Waals surface area contributed by atoms with Gasteiger partial charge in [0.05, 0.1) is 16.2 Å². The minimum absolute atomic E-state index is 0.0802. The molecule has 10 heteroatoms. The van der Waals surface area contributed by atoms with Crippen LogP contribution in [0.25, 0.3) is 10.9 Å². The van der Waals surface area contributed by atoms with E-state index in [1.165, 1.54) is 10.7 Å². The number of benzene rings is 2. The first kappa shape index (κ1) is 23.9. The van der Waals surface area contributed by atoms with E-state index in [-0.39, 0.29) is 10.7 Å². The summed E-state index contributed by atoms with van der Waals surface area (Å²) in [5.41, 5.74) is 3.40. The number of hydrogen-bond donors (Lipinski definition) is 3. The largest absolute Gasteiger partial charge is 0.348 e. The highest BCUT2D eigenvalue weighted by Gasteiger charge is 2.21. The Bertz CT molecular complexity index is 1190. The number of nitrogens with zero attached hydrogens (tertiary/aromatic N) is 1. The molecule has 0 aliphatic rings. The Labute approximate surface area is 200 Å². The smallest absolute Gasteiger partial charge is 0.328 e. The van der Waals surface area contributed by atoms with Gasteiger partial charge < -0.3 is 10.6 Å². The van der Waals surface area contributed by atoms with E-state index >= 15 is 0 Å².